The van der Waals surface area contributed by atoms with Gasteiger partial charge in [0.25, 0.3) is 5.91 Å². The molecule has 0 atom stereocenters. The minimum Gasteiger partial charge on any atom is -0.475 e. The smallest absolute Gasteiger partial charge is 0.475 e. The fourth-order valence-corrected chi connectivity index (χ4v) is 3.46. The molecular formula is C22H31F6N5O6. The van der Waals surface area contributed by atoms with Crippen molar-refractivity contribution in [2.45, 2.75) is 58.0 Å². The van der Waals surface area contributed by atoms with Gasteiger partial charge in [-0.15, -0.1) is 0 Å². The number of hydrogen-bond donors (Lipinski definition) is 3. The highest BCUT2D eigenvalue weighted by Gasteiger charge is 2.39. The minimum atomic E-state index is -5.08. The minimum absolute atomic E-state index is 0.123. The molecule has 39 heavy (non-hydrogen) atoms. The lowest BCUT2D eigenvalue weighted by Gasteiger charge is -2.32. The van der Waals surface area contributed by atoms with E-state index in [1.54, 1.807) is 7.11 Å². The van der Waals surface area contributed by atoms with Crippen LogP contribution in [0.5, 0.6) is 0 Å². The molecule has 0 spiro atoms. The van der Waals surface area contributed by atoms with Crippen LogP contribution in [0, 0.1) is 0 Å². The van der Waals surface area contributed by atoms with E-state index in [1.165, 1.54) is 0 Å². The van der Waals surface area contributed by atoms with Gasteiger partial charge in [-0.3, -0.25) is 9.69 Å². The van der Waals surface area contributed by atoms with Gasteiger partial charge >= 0.3 is 24.3 Å². The monoisotopic (exact) mass is 575 g/mol. The topological polar surface area (TPSA) is 145 Å². The number of fused-ring (bicyclic) bond motifs is 1. The fraction of sp³-hybridized carbons (Fsp3) is 0.682. The van der Waals surface area contributed by atoms with Crippen LogP contribution in [0.25, 0.3) is 0 Å². The van der Waals surface area contributed by atoms with Gasteiger partial charge in [0, 0.05) is 57.9 Å². The van der Waals surface area contributed by atoms with E-state index >= 15 is 0 Å². The largest absolute Gasteiger partial charge is 0.490 e. The summed E-state index contributed by atoms with van der Waals surface area (Å²) in [6.45, 7) is 9.01. The Hall–Kier alpha value is -3.21. The summed E-state index contributed by atoms with van der Waals surface area (Å²) in [5.74, 6) is -4.92. The highest BCUT2D eigenvalue weighted by atomic mass is 19.4. The maximum absolute atomic E-state index is 12.7. The first-order valence-corrected chi connectivity index (χ1v) is 11.7. The zero-order valence-electron chi connectivity index (χ0n) is 21.5. The normalized spacial score (nSPS) is 15.5. The van der Waals surface area contributed by atoms with Crippen molar-refractivity contribution in [3.63, 3.8) is 0 Å². The Labute approximate surface area is 220 Å². The number of carbonyl (C=O) groups is 3. The lowest BCUT2D eigenvalue weighted by atomic mass is 10.0. The second kappa shape index (κ2) is 14.8. The molecule has 0 radical (unpaired) electrons. The number of aromatic nitrogens is 2. The van der Waals surface area contributed by atoms with Crippen molar-refractivity contribution in [2.24, 2.45) is 0 Å². The molecule has 0 saturated carbocycles. The van der Waals surface area contributed by atoms with Crippen LogP contribution in [-0.4, -0.2) is 101 Å². The molecule has 0 unspecified atom stereocenters. The number of rotatable bonds is 6. The molecule has 1 fully saturated rings. The third-order valence-electron chi connectivity index (χ3n) is 5.49. The fourth-order valence-electron chi connectivity index (χ4n) is 3.46. The van der Waals surface area contributed by atoms with Crippen molar-refractivity contribution < 1.29 is 55.7 Å². The SMILES string of the molecule is COCCNC(=O)c1nc(N2CCCC2)nc2c1CN(C(C)C)CC2.O=C(O)C(F)(F)F.O=C(O)C(F)(F)F. The molecule has 0 aliphatic carbocycles. The molecule has 1 amide bonds. The van der Waals surface area contributed by atoms with Crippen molar-refractivity contribution in [2.75, 3.05) is 44.8 Å². The summed E-state index contributed by atoms with van der Waals surface area (Å²) in [6.07, 6.45) is -6.97. The third kappa shape index (κ3) is 11.2. The van der Waals surface area contributed by atoms with Crippen LogP contribution in [0.15, 0.2) is 0 Å². The van der Waals surface area contributed by atoms with Gasteiger partial charge in [0.1, 0.15) is 5.69 Å². The second-order valence-corrected chi connectivity index (χ2v) is 8.66. The van der Waals surface area contributed by atoms with Crippen molar-refractivity contribution >= 4 is 23.8 Å². The van der Waals surface area contributed by atoms with Gasteiger partial charge in [0.15, 0.2) is 0 Å². The summed E-state index contributed by atoms with van der Waals surface area (Å²) < 4.78 is 68.5. The van der Waals surface area contributed by atoms with Crippen LogP contribution in [0.4, 0.5) is 32.3 Å². The Bertz CT molecular complexity index is 959. The lowest BCUT2D eigenvalue weighted by Crippen LogP contribution is -2.39. The summed E-state index contributed by atoms with van der Waals surface area (Å²) in [5, 5.41) is 17.2. The first-order chi connectivity index (χ1) is 18.0. The Morgan fingerprint density at radius 1 is 0.974 bits per heavy atom. The van der Waals surface area contributed by atoms with Crippen LogP contribution in [0.3, 0.4) is 0 Å². The second-order valence-electron chi connectivity index (χ2n) is 8.66. The molecule has 11 nitrogen and oxygen atoms in total. The Balaban J connectivity index is 0.000000449. The van der Waals surface area contributed by atoms with E-state index in [2.05, 4.69) is 33.9 Å². The number of anilines is 1. The maximum Gasteiger partial charge on any atom is 0.490 e. The van der Waals surface area contributed by atoms with E-state index in [1.807, 2.05) is 0 Å². The summed E-state index contributed by atoms with van der Waals surface area (Å²) >= 11 is 0. The van der Waals surface area contributed by atoms with Crippen LogP contribution in [-0.2, 0) is 27.3 Å². The number of hydrogen-bond acceptors (Lipinski definition) is 8. The van der Waals surface area contributed by atoms with Gasteiger partial charge in [-0.2, -0.15) is 26.3 Å². The number of aliphatic carboxylic acids is 2. The number of ether oxygens (including phenoxy) is 1. The van der Waals surface area contributed by atoms with E-state index in [4.69, 9.17) is 29.5 Å². The number of methoxy groups -OCH3 is 1. The number of carboxylic acid groups (broad SMARTS) is 2. The van der Waals surface area contributed by atoms with Crippen molar-refractivity contribution in [1.29, 1.82) is 0 Å². The first-order valence-electron chi connectivity index (χ1n) is 11.7. The number of nitrogens with one attached hydrogen (secondary N) is 1. The summed E-state index contributed by atoms with van der Waals surface area (Å²) in [4.78, 5) is 44.6. The van der Waals surface area contributed by atoms with Crippen molar-refractivity contribution in [3.8, 4) is 0 Å². The Kier molecular flexibility index (Phi) is 12.8. The highest BCUT2D eigenvalue weighted by Crippen LogP contribution is 2.26. The molecule has 3 rings (SSSR count). The summed E-state index contributed by atoms with van der Waals surface area (Å²) in [7, 11) is 1.63. The van der Waals surface area contributed by atoms with E-state index in [0.29, 0.717) is 30.8 Å². The van der Waals surface area contributed by atoms with Gasteiger partial charge < -0.3 is 25.2 Å². The maximum atomic E-state index is 12.7. The molecule has 2 aliphatic heterocycles. The van der Waals surface area contributed by atoms with Crippen LogP contribution < -0.4 is 10.2 Å². The summed E-state index contributed by atoms with van der Waals surface area (Å²) in [6, 6.07) is 0.441. The molecule has 1 aromatic rings. The van der Waals surface area contributed by atoms with Crippen molar-refractivity contribution in [3.05, 3.63) is 17.0 Å². The average Bonchev–Trinajstić information content (AvgIpc) is 3.37. The molecular weight excluding hydrogens is 544 g/mol. The number of nitrogens with zero attached hydrogens (tertiary/aromatic N) is 4. The van der Waals surface area contributed by atoms with Gasteiger partial charge in [-0.1, -0.05) is 0 Å². The van der Waals surface area contributed by atoms with Crippen molar-refractivity contribution in [1.82, 2.24) is 20.2 Å². The molecule has 17 heteroatoms. The third-order valence-corrected chi connectivity index (χ3v) is 5.49. The number of carboxylic acids is 2. The van der Waals surface area contributed by atoms with Crippen LogP contribution in [0.1, 0.15) is 48.4 Å². The zero-order chi connectivity index (χ0) is 30.0. The van der Waals surface area contributed by atoms with Crippen LogP contribution in [0.2, 0.25) is 0 Å². The standard InChI is InChI=1S/C18H29N5O2.2C2HF3O2/c1-13(2)23-10-6-15-14(12-23)16(17(24)19-7-11-25-3)21-18(20-15)22-8-4-5-9-22;2*3-2(4,5)1(6)7/h13H,4-12H2,1-3H3,(H,19,24);2*(H,6,7). The molecule has 2 aliphatic rings. The molecule has 3 heterocycles. The van der Waals surface area contributed by atoms with E-state index in [9.17, 15) is 31.1 Å². The predicted molar refractivity (Wildman–Crippen MR) is 124 cm³/mol. The van der Waals surface area contributed by atoms with E-state index in [0.717, 1.165) is 56.7 Å². The number of carbonyl (C=O) groups excluding carboxylic acids is 1. The van der Waals surface area contributed by atoms with Gasteiger partial charge in [-0.05, 0) is 26.7 Å². The highest BCUT2D eigenvalue weighted by molar-refractivity contribution is 5.94. The van der Waals surface area contributed by atoms with Gasteiger partial charge in [0.05, 0.1) is 12.3 Å². The quantitative estimate of drug-likeness (QED) is 0.342. The average molecular weight is 576 g/mol. The van der Waals surface area contributed by atoms with Gasteiger partial charge in [-0.25, -0.2) is 19.6 Å². The molecule has 3 N–H and O–H groups in total. The number of alkyl halides is 6. The molecule has 1 aromatic heterocycles. The Morgan fingerprint density at radius 2 is 1.49 bits per heavy atom. The van der Waals surface area contributed by atoms with Crippen LogP contribution >= 0.6 is 0 Å². The predicted octanol–water partition coefficient (Wildman–Crippen LogP) is 2.49. The Morgan fingerprint density at radius 3 is 1.92 bits per heavy atom. The number of amides is 1. The van der Waals surface area contributed by atoms with Gasteiger partial charge in [0.2, 0.25) is 5.95 Å². The molecule has 222 valence electrons. The lowest BCUT2D eigenvalue weighted by molar-refractivity contribution is -0.193. The van der Waals surface area contributed by atoms with E-state index in [-0.39, 0.29) is 5.91 Å². The zero-order valence-corrected chi connectivity index (χ0v) is 21.5. The molecule has 1 saturated heterocycles. The molecule has 0 bridgehead atoms. The first kappa shape index (κ1) is 33.8. The molecule has 0 aromatic carbocycles. The summed E-state index contributed by atoms with van der Waals surface area (Å²) in [5.41, 5.74) is 2.55. The van der Waals surface area contributed by atoms with E-state index < -0.39 is 24.3 Å². The number of halogens is 6.